The van der Waals surface area contributed by atoms with Gasteiger partial charge in [0, 0.05) is 12.1 Å². The molecule has 1 N–H and O–H groups in total. The summed E-state index contributed by atoms with van der Waals surface area (Å²) < 4.78 is 5.99. The van der Waals surface area contributed by atoms with E-state index in [1.807, 2.05) is 33.8 Å². The van der Waals surface area contributed by atoms with Crippen LogP contribution in [-0.4, -0.2) is 39.9 Å². The van der Waals surface area contributed by atoms with Crippen LogP contribution in [-0.2, 0) is 0 Å². The van der Waals surface area contributed by atoms with Crippen LogP contribution in [0.4, 0.5) is 5.82 Å². The number of benzene rings is 1. The molecule has 1 saturated heterocycles. The van der Waals surface area contributed by atoms with Crippen molar-refractivity contribution in [2.45, 2.75) is 59.1 Å². The number of aryl methyl sites for hydroxylation is 2. The predicted octanol–water partition coefficient (Wildman–Crippen LogP) is 3.90. The fourth-order valence-electron chi connectivity index (χ4n) is 3.63. The van der Waals surface area contributed by atoms with Gasteiger partial charge in [-0.2, -0.15) is 0 Å². The second kappa shape index (κ2) is 7.23. The van der Waals surface area contributed by atoms with Crippen LogP contribution in [0.2, 0.25) is 0 Å². The number of ether oxygens (including phenoxy) is 1. The number of rotatable bonds is 4. The first-order chi connectivity index (χ1) is 12.3. The summed E-state index contributed by atoms with van der Waals surface area (Å²) in [6, 6.07) is 6.31. The van der Waals surface area contributed by atoms with Crippen LogP contribution in [0, 0.1) is 13.8 Å². The minimum atomic E-state index is -0.227. The Hall–Kier alpha value is -2.14. The molecule has 1 atom stereocenters. The molecule has 5 heteroatoms. The average Bonchev–Trinajstić information content (AvgIpc) is 3.02. The van der Waals surface area contributed by atoms with E-state index in [0.717, 1.165) is 53.3 Å². The zero-order chi connectivity index (χ0) is 18.9. The molecule has 0 aliphatic carbocycles. The van der Waals surface area contributed by atoms with Crippen molar-refractivity contribution < 1.29 is 9.84 Å². The Kier molecular flexibility index (Phi) is 5.19. The fraction of sp³-hybridized carbons (Fsp3) is 0.524. The van der Waals surface area contributed by atoms with Gasteiger partial charge in [-0.1, -0.05) is 6.07 Å². The normalized spacial score (nSPS) is 17.6. The summed E-state index contributed by atoms with van der Waals surface area (Å²) in [6.45, 7) is 11.3. The molecular weight excluding hydrogens is 326 g/mol. The third-order valence-corrected chi connectivity index (χ3v) is 4.77. The highest BCUT2D eigenvalue weighted by Gasteiger charge is 2.28. The van der Waals surface area contributed by atoms with E-state index in [4.69, 9.17) is 4.74 Å². The smallest absolute Gasteiger partial charge is 0.140 e. The number of hydrogen-bond acceptors (Lipinski definition) is 5. The van der Waals surface area contributed by atoms with Crippen molar-refractivity contribution in [1.29, 1.82) is 0 Å². The van der Waals surface area contributed by atoms with Crippen LogP contribution in [0.5, 0.6) is 5.75 Å². The Bertz CT molecular complexity index is 783. The van der Waals surface area contributed by atoms with E-state index in [0.29, 0.717) is 0 Å². The lowest BCUT2D eigenvalue weighted by molar-refractivity contribution is 0.131. The molecule has 1 fully saturated rings. The molecule has 1 aromatic heterocycles. The highest BCUT2D eigenvalue weighted by atomic mass is 16.5. The van der Waals surface area contributed by atoms with Crippen LogP contribution in [0.3, 0.4) is 0 Å². The lowest BCUT2D eigenvalue weighted by Gasteiger charge is -2.27. The average molecular weight is 355 g/mol. The Morgan fingerprint density at radius 2 is 2.00 bits per heavy atom. The van der Waals surface area contributed by atoms with Crippen molar-refractivity contribution in [3.8, 4) is 16.9 Å². The predicted molar refractivity (Wildman–Crippen MR) is 105 cm³/mol. The van der Waals surface area contributed by atoms with Gasteiger partial charge in [0.2, 0.25) is 0 Å². The van der Waals surface area contributed by atoms with Gasteiger partial charge in [-0.15, -0.1) is 0 Å². The zero-order valence-electron chi connectivity index (χ0n) is 16.4. The van der Waals surface area contributed by atoms with Crippen molar-refractivity contribution in [1.82, 2.24) is 9.97 Å². The highest BCUT2D eigenvalue weighted by molar-refractivity contribution is 5.80. The third kappa shape index (κ3) is 3.83. The third-order valence-electron chi connectivity index (χ3n) is 4.77. The van der Waals surface area contributed by atoms with Crippen molar-refractivity contribution >= 4 is 5.82 Å². The molecule has 3 rings (SSSR count). The molecule has 26 heavy (non-hydrogen) atoms. The lowest BCUT2D eigenvalue weighted by atomic mass is 9.98. The summed E-state index contributed by atoms with van der Waals surface area (Å²) in [5.74, 6) is 1.78. The van der Waals surface area contributed by atoms with Crippen LogP contribution < -0.4 is 9.64 Å². The molecule has 1 aromatic carbocycles. The molecule has 0 saturated carbocycles. The van der Waals surface area contributed by atoms with Gasteiger partial charge in [0.1, 0.15) is 23.5 Å². The van der Waals surface area contributed by atoms with Crippen LogP contribution in [0.15, 0.2) is 24.5 Å². The monoisotopic (exact) mass is 355 g/mol. The second-order valence-electron chi connectivity index (χ2n) is 8.02. The van der Waals surface area contributed by atoms with Crippen LogP contribution in [0.1, 0.15) is 44.9 Å². The molecule has 2 heterocycles. The van der Waals surface area contributed by atoms with E-state index >= 15 is 0 Å². The number of anilines is 1. The van der Waals surface area contributed by atoms with E-state index < -0.39 is 0 Å². The van der Waals surface area contributed by atoms with Crippen molar-refractivity contribution in [2.75, 3.05) is 18.1 Å². The molecule has 1 aliphatic heterocycles. The summed E-state index contributed by atoms with van der Waals surface area (Å²) in [5.41, 5.74) is 4.02. The maximum atomic E-state index is 9.73. The summed E-state index contributed by atoms with van der Waals surface area (Å²) in [6.07, 6.45) is 3.69. The Morgan fingerprint density at radius 3 is 2.65 bits per heavy atom. The highest BCUT2D eigenvalue weighted by Crippen LogP contribution is 2.37. The van der Waals surface area contributed by atoms with E-state index in [1.54, 1.807) is 6.33 Å². The van der Waals surface area contributed by atoms with Gasteiger partial charge >= 0.3 is 0 Å². The number of hydrogen-bond donors (Lipinski definition) is 1. The lowest BCUT2D eigenvalue weighted by Crippen LogP contribution is -2.33. The molecule has 0 spiro atoms. The van der Waals surface area contributed by atoms with E-state index in [1.165, 1.54) is 0 Å². The molecule has 0 bridgehead atoms. The van der Waals surface area contributed by atoms with Gasteiger partial charge in [-0.25, -0.2) is 9.97 Å². The van der Waals surface area contributed by atoms with Gasteiger partial charge in [0.25, 0.3) is 0 Å². The van der Waals surface area contributed by atoms with Crippen molar-refractivity contribution in [3.05, 3.63) is 35.8 Å². The SMILES string of the molecule is Cc1cc(OC(C)(C)C)ccc1-c1c(C)ncnc1N1CCCC1CO. The number of aliphatic hydroxyl groups is 1. The van der Waals surface area contributed by atoms with Crippen LogP contribution in [0.25, 0.3) is 11.1 Å². The first kappa shape index (κ1) is 18.6. The molecule has 0 amide bonds. The quantitative estimate of drug-likeness (QED) is 0.901. The van der Waals surface area contributed by atoms with Crippen molar-refractivity contribution in [2.24, 2.45) is 0 Å². The van der Waals surface area contributed by atoms with Gasteiger partial charge in [-0.3, -0.25) is 0 Å². The molecule has 140 valence electrons. The first-order valence-corrected chi connectivity index (χ1v) is 9.29. The molecule has 2 aromatic rings. The second-order valence-corrected chi connectivity index (χ2v) is 8.02. The Labute approximate surface area is 156 Å². The molecule has 1 aliphatic rings. The standard InChI is InChI=1S/C21H29N3O2/c1-14-11-17(26-21(3,4)5)8-9-18(14)19-15(2)22-13-23-20(19)24-10-6-7-16(24)12-25/h8-9,11,13,16,25H,6-7,10,12H2,1-5H3. The zero-order valence-corrected chi connectivity index (χ0v) is 16.4. The van der Waals surface area contributed by atoms with Gasteiger partial charge in [0.05, 0.1) is 18.3 Å². The summed E-state index contributed by atoms with van der Waals surface area (Å²) >= 11 is 0. The largest absolute Gasteiger partial charge is 0.488 e. The van der Waals surface area contributed by atoms with Gasteiger partial charge in [-0.05, 0) is 70.7 Å². The topological polar surface area (TPSA) is 58.5 Å². The van der Waals surface area contributed by atoms with E-state index in [2.05, 4.69) is 33.9 Å². The van der Waals surface area contributed by atoms with E-state index in [9.17, 15) is 5.11 Å². The minimum Gasteiger partial charge on any atom is -0.488 e. The van der Waals surface area contributed by atoms with Crippen molar-refractivity contribution in [3.63, 3.8) is 0 Å². The number of aromatic nitrogens is 2. The number of nitrogens with zero attached hydrogens (tertiary/aromatic N) is 3. The Morgan fingerprint density at radius 1 is 1.23 bits per heavy atom. The maximum absolute atomic E-state index is 9.73. The summed E-state index contributed by atoms with van der Waals surface area (Å²) in [5, 5.41) is 9.73. The molecule has 0 radical (unpaired) electrons. The molecule has 5 nitrogen and oxygen atoms in total. The number of aliphatic hydroxyl groups excluding tert-OH is 1. The maximum Gasteiger partial charge on any atom is 0.140 e. The summed E-state index contributed by atoms with van der Waals surface area (Å²) in [7, 11) is 0. The minimum absolute atomic E-state index is 0.131. The molecule has 1 unspecified atom stereocenters. The van der Waals surface area contributed by atoms with E-state index in [-0.39, 0.29) is 18.2 Å². The molecular formula is C21H29N3O2. The van der Waals surface area contributed by atoms with Crippen LogP contribution >= 0.6 is 0 Å². The van der Waals surface area contributed by atoms with Gasteiger partial charge in [0.15, 0.2) is 0 Å². The first-order valence-electron chi connectivity index (χ1n) is 9.29. The Balaban J connectivity index is 2.04. The summed E-state index contributed by atoms with van der Waals surface area (Å²) in [4.78, 5) is 11.2. The fourth-order valence-corrected chi connectivity index (χ4v) is 3.63. The van der Waals surface area contributed by atoms with Gasteiger partial charge < -0.3 is 14.7 Å².